The minimum Gasteiger partial charge on any atom is -0.377 e. The second-order valence-electron chi connectivity index (χ2n) is 4.42. The molecule has 0 bridgehead atoms. The number of thioether (sulfide) groups is 1. The van der Waals surface area contributed by atoms with Crippen LogP contribution in [0.1, 0.15) is 19.4 Å². The van der Waals surface area contributed by atoms with Crippen molar-refractivity contribution in [3.05, 3.63) is 22.2 Å². The van der Waals surface area contributed by atoms with Crippen LogP contribution >= 0.6 is 27.7 Å². The monoisotopic (exact) mass is 271 g/mol. The van der Waals surface area contributed by atoms with Crippen molar-refractivity contribution < 1.29 is 0 Å². The molecule has 0 aliphatic carbocycles. The first-order valence-electron chi connectivity index (χ1n) is 4.69. The molecule has 1 aromatic rings. The van der Waals surface area contributed by atoms with Crippen LogP contribution < -0.4 is 5.32 Å². The van der Waals surface area contributed by atoms with Gasteiger partial charge in [-0.1, -0.05) is 0 Å². The summed E-state index contributed by atoms with van der Waals surface area (Å²) in [5.74, 6) is 1.12. The second-order valence-corrected chi connectivity index (χ2v) is 6.29. The Morgan fingerprint density at radius 3 is 2.86 bits per heavy atom. The van der Waals surface area contributed by atoms with E-state index < -0.39 is 0 Å². The van der Waals surface area contributed by atoms with Crippen LogP contribution in [0, 0.1) is 6.92 Å². The van der Waals surface area contributed by atoms with Crippen LogP contribution in [0.3, 0.4) is 0 Å². The molecule has 0 amide bonds. The van der Waals surface area contributed by atoms with E-state index in [1.807, 2.05) is 11.8 Å². The van der Waals surface area contributed by atoms with Gasteiger partial charge in [0.1, 0.15) is 0 Å². The number of anilines is 1. The number of halogens is 1. The molecule has 14 heavy (non-hydrogen) atoms. The van der Waals surface area contributed by atoms with Crippen molar-refractivity contribution in [3.63, 3.8) is 0 Å². The van der Waals surface area contributed by atoms with E-state index in [1.54, 1.807) is 0 Å². The van der Waals surface area contributed by atoms with Gasteiger partial charge >= 0.3 is 0 Å². The third-order valence-electron chi connectivity index (χ3n) is 2.25. The van der Waals surface area contributed by atoms with E-state index in [1.165, 1.54) is 20.6 Å². The van der Waals surface area contributed by atoms with Crippen LogP contribution in [0.15, 0.2) is 21.5 Å². The predicted octanol–water partition coefficient (Wildman–Crippen LogP) is 4.05. The van der Waals surface area contributed by atoms with Gasteiger partial charge < -0.3 is 5.32 Å². The van der Waals surface area contributed by atoms with Gasteiger partial charge in [-0.25, -0.2) is 0 Å². The zero-order chi connectivity index (χ0) is 10.3. The Kier molecular flexibility index (Phi) is 2.56. The molecule has 3 heteroatoms. The normalized spacial score (nSPS) is 18.6. The highest BCUT2D eigenvalue weighted by Crippen LogP contribution is 2.41. The number of rotatable bonds is 0. The van der Waals surface area contributed by atoms with Crippen LogP contribution in [0.2, 0.25) is 0 Å². The average molecular weight is 272 g/mol. The van der Waals surface area contributed by atoms with Crippen molar-refractivity contribution in [2.45, 2.75) is 31.2 Å². The van der Waals surface area contributed by atoms with Gasteiger partial charge in [0.15, 0.2) is 0 Å². The van der Waals surface area contributed by atoms with E-state index >= 15 is 0 Å². The van der Waals surface area contributed by atoms with Crippen molar-refractivity contribution in [1.29, 1.82) is 0 Å². The topological polar surface area (TPSA) is 12.0 Å². The van der Waals surface area contributed by atoms with Gasteiger partial charge in [-0.2, -0.15) is 0 Å². The van der Waals surface area contributed by atoms with E-state index in [0.717, 1.165) is 5.75 Å². The average Bonchev–Trinajstić information content (AvgIpc) is 2.06. The molecule has 1 nitrogen and oxygen atoms in total. The van der Waals surface area contributed by atoms with Crippen LogP contribution in [-0.2, 0) is 0 Å². The fraction of sp³-hybridized carbons (Fsp3) is 0.455. The standard InChI is InChI=1S/C11H14BrNS/c1-7-4-8(12)10-9(5-7)14-6-11(2,3)13-10/h4-5,13H,6H2,1-3H3. The lowest BCUT2D eigenvalue weighted by Gasteiger charge is -2.34. The molecule has 0 unspecified atom stereocenters. The van der Waals surface area contributed by atoms with Crippen LogP contribution in [-0.4, -0.2) is 11.3 Å². The minimum absolute atomic E-state index is 0.190. The molecule has 0 saturated carbocycles. The Hall–Kier alpha value is -0.150. The van der Waals surface area contributed by atoms with Gasteiger partial charge in [-0.3, -0.25) is 0 Å². The van der Waals surface area contributed by atoms with Gasteiger partial charge in [0, 0.05) is 20.7 Å². The Labute approximate surface area is 97.8 Å². The van der Waals surface area contributed by atoms with E-state index in [9.17, 15) is 0 Å². The van der Waals surface area contributed by atoms with E-state index in [2.05, 4.69) is 54.2 Å². The number of hydrogen-bond acceptors (Lipinski definition) is 2. The first kappa shape index (κ1) is 10.4. The molecule has 0 spiro atoms. The lowest BCUT2D eigenvalue weighted by atomic mass is 10.1. The molecule has 2 rings (SSSR count). The highest BCUT2D eigenvalue weighted by atomic mass is 79.9. The number of benzene rings is 1. The molecular weight excluding hydrogens is 258 g/mol. The van der Waals surface area contributed by atoms with Gasteiger partial charge in [0.2, 0.25) is 0 Å². The summed E-state index contributed by atoms with van der Waals surface area (Å²) in [5, 5.41) is 3.56. The van der Waals surface area contributed by atoms with Crippen LogP contribution in [0.25, 0.3) is 0 Å². The minimum atomic E-state index is 0.190. The van der Waals surface area contributed by atoms with E-state index in [0.29, 0.717) is 0 Å². The van der Waals surface area contributed by atoms with Crippen molar-refractivity contribution in [2.75, 3.05) is 11.1 Å². The molecule has 0 aromatic heterocycles. The van der Waals surface area contributed by atoms with Crippen LogP contribution in [0.5, 0.6) is 0 Å². The fourth-order valence-corrected chi connectivity index (χ4v) is 3.55. The number of hydrogen-bond donors (Lipinski definition) is 1. The zero-order valence-electron chi connectivity index (χ0n) is 8.65. The smallest absolute Gasteiger partial charge is 0.0627 e. The molecule has 76 valence electrons. The van der Waals surface area contributed by atoms with Crippen molar-refractivity contribution >= 4 is 33.4 Å². The van der Waals surface area contributed by atoms with Gasteiger partial charge in [-0.15, -0.1) is 11.8 Å². The Morgan fingerprint density at radius 1 is 1.43 bits per heavy atom. The molecule has 1 aliphatic heterocycles. The third-order valence-corrected chi connectivity index (χ3v) is 4.37. The van der Waals surface area contributed by atoms with Crippen molar-refractivity contribution in [3.8, 4) is 0 Å². The molecule has 1 aromatic carbocycles. The van der Waals surface area contributed by atoms with Gasteiger partial charge in [0.05, 0.1) is 5.69 Å². The third kappa shape index (κ3) is 1.94. The first-order chi connectivity index (χ1) is 6.48. The summed E-state index contributed by atoms with van der Waals surface area (Å²) in [6.45, 7) is 6.59. The Morgan fingerprint density at radius 2 is 2.14 bits per heavy atom. The SMILES string of the molecule is Cc1cc(Br)c2c(c1)SCC(C)(C)N2. The van der Waals surface area contributed by atoms with Crippen molar-refractivity contribution in [2.24, 2.45) is 0 Å². The summed E-state index contributed by atoms with van der Waals surface area (Å²) < 4.78 is 1.17. The molecule has 0 radical (unpaired) electrons. The molecule has 0 fully saturated rings. The second kappa shape index (κ2) is 3.46. The quantitative estimate of drug-likeness (QED) is 0.764. The predicted molar refractivity (Wildman–Crippen MR) is 67.3 cm³/mol. The molecular formula is C11H14BrNS. The summed E-state index contributed by atoms with van der Waals surface area (Å²) in [6, 6.07) is 4.40. The lowest BCUT2D eigenvalue weighted by molar-refractivity contribution is 0.636. The largest absolute Gasteiger partial charge is 0.377 e. The molecule has 1 N–H and O–H groups in total. The number of aryl methyl sites for hydroxylation is 1. The zero-order valence-corrected chi connectivity index (χ0v) is 11.1. The maximum Gasteiger partial charge on any atom is 0.0627 e. The lowest BCUT2D eigenvalue weighted by Crippen LogP contribution is -2.36. The molecule has 1 aliphatic rings. The van der Waals surface area contributed by atoms with Gasteiger partial charge in [-0.05, 0) is 54.4 Å². The fourth-order valence-electron chi connectivity index (χ4n) is 1.58. The van der Waals surface area contributed by atoms with E-state index in [4.69, 9.17) is 0 Å². The van der Waals surface area contributed by atoms with Gasteiger partial charge in [0.25, 0.3) is 0 Å². The molecule has 0 saturated heterocycles. The summed E-state index contributed by atoms with van der Waals surface area (Å²) in [7, 11) is 0. The maximum absolute atomic E-state index is 3.61. The van der Waals surface area contributed by atoms with Crippen molar-refractivity contribution in [1.82, 2.24) is 0 Å². The highest BCUT2D eigenvalue weighted by molar-refractivity contribution is 9.10. The highest BCUT2D eigenvalue weighted by Gasteiger charge is 2.26. The Balaban J connectivity index is 2.47. The summed E-state index contributed by atoms with van der Waals surface area (Å²) in [5.41, 5.74) is 2.75. The van der Waals surface area contributed by atoms with Crippen LogP contribution in [0.4, 0.5) is 5.69 Å². The summed E-state index contributed by atoms with van der Waals surface area (Å²) >= 11 is 5.54. The van der Waals surface area contributed by atoms with E-state index in [-0.39, 0.29) is 5.54 Å². The Bertz CT molecular complexity index is 374. The maximum atomic E-state index is 3.61. The molecule has 1 heterocycles. The number of nitrogens with one attached hydrogen (secondary N) is 1. The number of fused-ring (bicyclic) bond motifs is 1. The summed E-state index contributed by atoms with van der Waals surface area (Å²) in [4.78, 5) is 1.36. The summed E-state index contributed by atoms with van der Waals surface area (Å²) in [6.07, 6.45) is 0. The first-order valence-corrected chi connectivity index (χ1v) is 6.47. The molecule has 0 atom stereocenters.